The third kappa shape index (κ3) is 9.12. The van der Waals surface area contributed by atoms with E-state index in [0.717, 1.165) is 18.2 Å². The molecule has 74 heavy (non-hydrogen) atoms. The highest BCUT2D eigenvalue weighted by Gasteiger charge is 2.70. The number of ketones is 4. The third-order valence-electron chi connectivity index (χ3n) is 13.5. The fraction of sp³-hybridized carbons (Fsp3) is 0.417. The maximum Gasteiger partial charge on any atom is 0.219 e. The van der Waals surface area contributed by atoms with E-state index in [-0.39, 0.29) is 22.6 Å². The number of hydrogen-bond acceptors (Lipinski definition) is 26. The van der Waals surface area contributed by atoms with Crippen molar-refractivity contribution >= 4 is 35.3 Å². The molecule has 2 aliphatic carbocycles. The summed E-state index contributed by atoms with van der Waals surface area (Å²) in [6.45, 7) is -3.83. The molecule has 0 saturated carbocycles. The summed E-state index contributed by atoms with van der Waals surface area (Å²) in [4.78, 5) is 60.5. The molecule has 3 heterocycles. The minimum Gasteiger partial charge on any atom is -0.508 e. The minimum absolute atomic E-state index is 0.157. The Balaban J connectivity index is 1.58. The highest BCUT2D eigenvalue weighted by Crippen LogP contribution is 2.53. The van der Waals surface area contributed by atoms with E-state index >= 15 is 9.59 Å². The van der Waals surface area contributed by atoms with E-state index < -0.39 is 191 Å². The van der Waals surface area contributed by atoms with Crippen molar-refractivity contribution < 1.29 is 130 Å². The maximum absolute atomic E-state index is 15.4. The largest absolute Gasteiger partial charge is 0.508 e. The number of ether oxygens (including phenoxy) is 3. The van der Waals surface area contributed by atoms with Gasteiger partial charge in [0.1, 0.15) is 131 Å². The lowest BCUT2D eigenvalue weighted by molar-refractivity contribution is -0.260. The Hall–Kier alpha value is -6.28. The summed E-state index contributed by atoms with van der Waals surface area (Å²) in [5.41, 5.74) is -13.8. The van der Waals surface area contributed by atoms with Crippen LogP contribution in [0.5, 0.6) is 11.5 Å². The van der Waals surface area contributed by atoms with Gasteiger partial charge in [0, 0.05) is 0 Å². The molecule has 17 atom stereocenters. The molecule has 0 bridgehead atoms. The number of rotatable bonds is 13. The summed E-state index contributed by atoms with van der Waals surface area (Å²) in [6.07, 6.45) is -31.6. The lowest BCUT2D eigenvalue weighted by atomic mass is 9.63. The van der Waals surface area contributed by atoms with Crippen molar-refractivity contribution in [3.8, 4) is 11.5 Å². The minimum atomic E-state index is -4.14. The summed E-state index contributed by atoms with van der Waals surface area (Å²) in [5, 5.41) is 210. The highest BCUT2D eigenvalue weighted by atomic mass is 16.6. The molecular formula is C48H52O26. The number of allylic oxidation sites excluding steroid dienone is 4. The number of Topliss-reactive ketones (excluding diaryl/α,β-unsaturated/α-hetero) is 4. The first-order valence-corrected chi connectivity index (χ1v) is 22.4. The van der Waals surface area contributed by atoms with E-state index in [2.05, 4.69) is 0 Å². The Morgan fingerprint density at radius 1 is 0.568 bits per heavy atom. The zero-order valence-electron chi connectivity index (χ0n) is 38.1. The molecular weight excluding hydrogens is 993 g/mol. The highest BCUT2D eigenvalue weighted by molar-refractivity contribution is 6.31. The molecule has 7 rings (SSSR count). The molecule has 3 unspecified atom stereocenters. The average molecular weight is 1040 g/mol. The van der Waals surface area contributed by atoms with Crippen LogP contribution >= 0.6 is 0 Å². The number of aliphatic hydroxyl groups is 17. The van der Waals surface area contributed by atoms with E-state index in [4.69, 9.17) is 14.2 Å². The van der Waals surface area contributed by atoms with Crippen molar-refractivity contribution in [2.24, 2.45) is 5.92 Å². The summed E-state index contributed by atoms with van der Waals surface area (Å²) >= 11 is 0. The van der Waals surface area contributed by atoms with Gasteiger partial charge >= 0.3 is 0 Å². The van der Waals surface area contributed by atoms with Crippen LogP contribution in [0.3, 0.4) is 0 Å². The molecule has 26 heteroatoms. The molecule has 2 fully saturated rings. The molecule has 3 aliphatic heterocycles. The quantitative estimate of drug-likeness (QED) is 0.0504. The van der Waals surface area contributed by atoms with Gasteiger partial charge in [0.05, 0.1) is 36.9 Å². The zero-order chi connectivity index (χ0) is 54.6. The van der Waals surface area contributed by atoms with Crippen molar-refractivity contribution in [1.82, 2.24) is 0 Å². The first-order valence-electron chi connectivity index (χ1n) is 22.4. The Kier molecular flexibility index (Phi) is 15.9. The van der Waals surface area contributed by atoms with Gasteiger partial charge in [-0.3, -0.25) is 19.2 Å². The van der Waals surface area contributed by atoms with E-state index in [9.17, 15) is 107 Å². The molecule has 0 amide bonds. The molecule has 19 N–H and O–H groups in total. The van der Waals surface area contributed by atoms with E-state index in [0.29, 0.717) is 6.08 Å². The summed E-state index contributed by atoms with van der Waals surface area (Å²) in [5.74, 6) is -17.5. The van der Waals surface area contributed by atoms with Crippen LogP contribution in [0.1, 0.15) is 11.1 Å². The first kappa shape index (κ1) is 55.5. The smallest absolute Gasteiger partial charge is 0.219 e. The number of phenols is 2. The Morgan fingerprint density at radius 2 is 0.973 bits per heavy atom. The van der Waals surface area contributed by atoms with Gasteiger partial charge in [0.2, 0.25) is 34.3 Å². The molecule has 2 aromatic carbocycles. The van der Waals surface area contributed by atoms with Crippen LogP contribution in [-0.2, 0) is 33.4 Å². The number of aliphatic hydroxyl groups excluding tert-OH is 15. The van der Waals surface area contributed by atoms with Crippen LogP contribution in [0.4, 0.5) is 0 Å². The van der Waals surface area contributed by atoms with Gasteiger partial charge in [0.25, 0.3) is 0 Å². The van der Waals surface area contributed by atoms with Crippen LogP contribution in [-0.4, -0.2) is 237 Å². The standard InChI is InChI=1S/C48H52O26/c49-13-22(56)30(57)36(63)40-27(28-33(60)25(20(54)11-5-16-1-7-18(52)8-2-16)41(66)47(70,43(28)68)45-37(64)34(61)31(58)23(14-50)72-45)29-39(74-40)26(21(55)12-6-17-3-9-19(53)10-4-17)42(67)48(71,44(29)69)46-38(65)35(62)32(59)24(15-51)73-46/h1-12,22-24,27,30-32,34-38,40,45-46,49-65,70-71H,13-15H2/b11-5+,12-6+,25-20-,26-21-/t22-,23-,24-,27?,30-,31-,32-,34+,35+,36+,37-,38-,40+,45?,46?,47-,48-/m1/s1. The fourth-order valence-corrected chi connectivity index (χ4v) is 9.42. The monoisotopic (exact) mass is 1040 g/mol. The van der Waals surface area contributed by atoms with Crippen molar-refractivity contribution in [2.75, 3.05) is 19.8 Å². The molecule has 0 radical (unpaired) electrons. The number of aromatic hydroxyl groups is 2. The predicted molar refractivity (Wildman–Crippen MR) is 241 cm³/mol. The second-order valence-corrected chi connectivity index (χ2v) is 18.0. The first-order chi connectivity index (χ1) is 34.8. The van der Waals surface area contributed by atoms with Gasteiger partial charge in [-0.25, -0.2) is 0 Å². The van der Waals surface area contributed by atoms with Gasteiger partial charge in [-0.15, -0.1) is 0 Å². The van der Waals surface area contributed by atoms with E-state index in [1.807, 2.05) is 0 Å². The van der Waals surface area contributed by atoms with E-state index in [1.165, 1.54) is 48.5 Å². The van der Waals surface area contributed by atoms with Crippen LogP contribution in [0.15, 0.2) is 106 Å². The number of phenolic OH excluding ortho intramolecular Hbond substituents is 2. The fourth-order valence-electron chi connectivity index (χ4n) is 9.42. The molecule has 0 spiro atoms. The van der Waals surface area contributed by atoms with Gasteiger partial charge in [-0.2, -0.15) is 0 Å². The second kappa shape index (κ2) is 21.2. The maximum atomic E-state index is 15.4. The molecule has 5 aliphatic rings. The summed E-state index contributed by atoms with van der Waals surface area (Å²) in [7, 11) is 0. The summed E-state index contributed by atoms with van der Waals surface area (Å²) < 4.78 is 16.8. The van der Waals surface area contributed by atoms with Gasteiger partial charge in [-0.1, -0.05) is 36.4 Å². The van der Waals surface area contributed by atoms with Crippen molar-refractivity contribution in [3.63, 3.8) is 0 Å². The van der Waals surface area contributed by atoms with Gasteiger partial charge in [-0.05, 0) is 47.5 Å². The van der Waals surface area contributed by atoms with Gasteiger partial charge < -0.3 is 111 Å². The summed E-state index contributed by atoms with van der Waals surface area (Å²) in [6, 6.07) is 9.87. The predicted octanol–water partition coefficient (Wildman–Crippen LogP) is -5.94. The second-order valence-electron chi connectivity index (χ2n) is 18.0. The number of carbonyl (C=O) groups excluding carboxylic acids is 4. The topological polar surface area (TPSA) is 480 Å². The van der Waals surface area contributed by atoms with Gasteiger partial charge in [0.15, 0.2) is 0 Å². The number of hydrogen-bond donors (Lipinski definition) is 19. The molecule has 26 nitrogen and oxygen atoms in total. The Morgan fingerprint density at radius 3 is 1.39 bits per heavy atom. The number of carbonyl (C=O) groups is 4. The van der Waals surface area contributed by atoms with Crippen LogP contribution in [0, 0.1) is 5.92 Å². The average Bonchev–Trinajstić information content (AvgIpc) is 3.76. The normalized spacial score (nSPS) is 36.6. The lowest BCUT2D eigenvalue weighted by Gasteiger charge is -2.47. The Bertz CT molecular complexity index is 2720. The van der Waals surface area contributed by atoms with E-state index in [1.54, 1.807) is 0 Å². The SMILES string of the molecule is O=C1C(C2C3=C(O[C@@H]2[C@@H](O)[C@H](O)[C@H](O)CO)/C(=C(O)\C=C\c2ccc(O)cc2)C(=O)[C@](O)(C2O[C@H](CO)[C@@H](O)[C@H](O)[C@H]2O)C3=O)=C(O)/C(=C(O)\C=C\c2ccc(O)cc2)C(=O)[C@]1(O)C1O[C@H](CO)[C@@H](O)[C@H](O)[C@H]1O. The zero-order valence-corrected chi connectivity index (χ0v) is 38.1. The van der Waals surface area contributed by atoms with Crippen molar-refractivity contribution in [2.45, 2.75) is 96.7 Å². The Labute approximate surface area is 416 Å². The molecule has 0 aromatic heterocycles. The van der Waals surface area contributed by atoms with Crippen molar-refractivity contribution in [3.05, 3.63) is 117 Å². The molecule has 2 saturated heterocycles. The lowest BCUT2D eigenvalue weighted by Crippen LogP contribution is -2.71. The van der Waals surface area contributed by atoms with Crippen molar-refractivity contribution in [1.29, 1.82) is 0 Å². The van der Waals surface area contributed by atoms with Crippen LogP contribution in [0.25, 0.3) is 12.2 Å². The number of benzene rings is 2. The molecule has 2 aromatic rings. The third-order valence-corrected chi connectivity index (χ3v) is 13.5. The molecule has 400 valence electrons. The van der Waals surface area contributed by atoms with Crippen LogP contribution < -0.4 is 0 Å². The van der Waals surface area contributed by atoms with Crippen LogP contribution in [0.2, 0.25) is 0 Å².